The maximum absolute atomic E-state index is 5.86. The second kappa shape index (κ2) is 3.86. The van der Waals surface area contributed by atoms with Crippen LogP contribution in [0.5, 0.6) is 0 Å². The molecule has 2 N–H and O–H groups in total. The Morgan fingerprint density at radius 3 is 3.05 bits per heavy atom. The van der Waals surface area contributed by atoms with Crippen molar-refractivity contribution < 1.29 is 0 Å². The molecular formula is C14H12N4S. The maximum Gasteiger partial charge on any atom is 0.193 e. The minimum Gasteiger partial charge on any atom is -0.399 e. The van der Waals surface area contributed by atoms with Gasteiger partial charge in [0.2, 0.25) is 0 Å². The Labute approximate surface area is 113 Å². The summed E-state index contributed by atoms with van der Waals surface area (Å²) in [6, 6.07) is 8.09. The Morgan fingerprint density at radius 2 is 2.16 bits per heavy atom. The second-order valence-electron chi connectivity index (χ2n) is 4.59. The molecule has 3 heterocycles. The number of fused-ring (bicyclic) bond motifs is 2. The van der Waals surface area contributed by atoms with Crippen LogP contribution in [0.25, 0.3) is 15.9 Å². The van der Waals surface area contributed by atoms with Crippen molar-refractivity contribution in [2.24, 2.45) is 0 Å². The molecule has 0 amide bonds. The molecule has 0 aliphatic rings. The summed E-state index contributed by atoms with van der Waals surface area (Å²) in [5, 5.41) is 3.24. The van der Waals surface area contributed by atoms with E-state index in [9.17, 15) is 0 Å². The number of thiazole rings is 1. The molecule has 94 valence electrons. The van der Waals surface area contributed by atoms with Crippen molar-refractivity contribution in [3.8, 4) is 0 Å². The van der Waals surface area contributed by atoms with Crippen LogP contribution in [0.1, 0.15) is 5.69 Å². The third kappa shape index (κ3) is 1.70. The number of benzene rings is 1. The molecule has 4 rings (SSSR count). The first-order chi connectivity index (χ1) is 9.29. The summed E-state index contributed by atoms with van der Waals surface area (Å²) in [5.74, 6) is 0. The smallest absolute Gasteiger partial charge is 0.193 e. The zero-order chi connectivity index (χ0) is 12.8. The number of imidazole rings is 1. The number of aromatic nitrogens is 3. The third-order valence-corrected chi connectivity index (χ3v) is 4.04. The van der Waals surface area contributed by atoms with Crippen molar-refractivity contribution in [2.75, 3.05) is 5.73 Å². The lowest BCUT2D eigenvalue weighted by atomic mass is 10.2. The van der Waals surface area contributed by atoms with E-state index in [0.29, 0.717) is 0 Å². The lowest BCUT2D eigenvalue weighted by molar-refractivity contribution is 0.815. The van der Waals surface area contributed by atoms with Gasteiger partial charge in [-0.2, -0.15) is 0 Å². The van der Waals surface area contributed by atoms with E-state index in [0.717, 1.165) is 28.4 Å². The molecule has 0 bridgehead atoms. The molecule has 0 saturated carbocycles. The molecule has 0 radical (unpaired) electrons. The summed E-state index contributed by atoms with van der Waals surface area (Å²) in [7, 11) is 0. The molecule has 0 aliphatic heterocycles. The van der Waals surface area contributed by atoms with Gasteiger partial charge in [0.25, 0.3) is 0 Å². The highest BCUT2D eigenvalue weighted by Crippen LogP contribution is 2.20. The molecule has 0 unspecified atom stereocenters. The van der Waals surface area contributed by atoms with Crippen molar-refractivity contribution in [2.45, 2.75) is 6.54 Å². The van der Waals surface area contributed by atoms with E-state index in [-0.39, 0.29) is 0 Å². The lowest BCUT2D eigenvalue weighted by Gasteiger charge is -2.03. The van der Waals surface area contributed by atoms with Gasteiger partial charge in [-0.1, -0.05) is 6.07 Å². The van der Waals surface area contributed by atoms with Gasteiger partial charge in [0, 0.05) is 29.7 Å². The fourth-order valence-corrected chi connectivity index (χ4v) is 3.08. The van der Waals surface area contributed by atoms with Crippen LogP contribution < -0.4 is 5.73 Å². The number of nitrogen functional groups attached to an aromatic ring is 1. The molecule has 3 aromatic heterocycles. The van der Waals surface area contributed by atoms with Crippen LogP contribution in [0, 0.1) is 0 Å². The van der Waals surface area contributed by atoms with Crippen LogP contribution in [-0.2, 0) is 6.54 Å². The highest BCUT2D eigenvalue weighted by Gasteiger charge is 2.06. The van der Waals surface area contributed by atoms with Crippen molar-refractivity contribution in [1.82, 2.24) is 14.0 Å². The fourth-order valence-electron chi connectivity index (χ4n) is 2.37. The molecule has 0 fully saturated rings. The number of hydrogen-bond acceptors (Lipinski definition) is 3. The maximum atomic E-state index is 5.86. The fraction of sp³-hybridized carbons (Fsp3) is 0.0714. The van der Waals surface area contributed by atoms with E-state index in [1.54, 1.807) is 11.3 Å². The zero-order valence-electron chi connectivity index (χ0n) is 10.2. The SMILES string of the molecule is Nc1ccc2ccn(Cc3cn4ccsc4n3)c2c1. The number of hydrogen-bond donors (Lipinski definition) is 1. The van der Waals surface area contributed by atoms with Gasteiger partial charge in [-0.05, 0) is 23.6 Å². The van der Waals surface area contributed by atoms with E-state index in [4.69, 9.17) is 5.73 Å². The summed E-state index contributed by atoms with van der Waals surface area (Å²) in [6.07, 6.45) is 6.18. The van der Waals surface area contributed by atoms with Crippen molar-refractivity contribution in [3.05, 3.63) is 53.9 Å². The van der Waals surface area contributed by atoms with E-state index in [1.165, 1.54) is 5.39 Å². The predicted molar refractivity (Wildman–Crippen MR) is 78.5 cm³/mol. The minimum absolute atomic E-state index is 0.765. The molecule has 19 heavy (non-hydrogen) atoms. The number of rotatable bonds is 2. The van der Waals surface area contributed by atoms with E-state index < -0.39 is 0 Å². The molecule has 5 heteroatoms. The number of nitrogens with zero attached hydrogens (tertiary/aromatic N) is 3. The zero-order valence-corrected chi connectivity index (χ0v) is 11.0. The monoisotopic (exact) mass is 268 g/mol. The van der Waals surface area contributed by atoms with Gasteiger partial charge >= 0.3 is 0 Å². The first kappa shape index (κ1) is 10.6. The van der Waals surface area contributed by atoms with E-state index >= 15 is 0 Å². The van der Waals surface area contributed by atoms with Crippen LogP contribution >= 0.6 is 11.3 Å². The highest BCUT2D eigenvalue weighted by molar-refractivity contribution is 7.15. The largest absolute Gasteiger partial charge is 0.399 e. The summed E-state index contributed by atoms with van der Waals surface area (Å²) >= 11 is 1.65. The van der Waals surface area contributed by atoms with Crippen molar-refractivity contribution in [3.63, 3.8) is 0 Å². The van der Waals surface area contributed by atoms with Gasteiger partial charge in [-0.25, -0.2) is 4.98 Å². The van der Waals surface area contributed by atoms with E-state index in [2.05, 4.69) is 32.4 Å². The van der Waals surface area contributed by atoms with Gasteiger partial charge in [-0.15, -0.1) is 11.3 Å². The molecule has 4 nitrogen and oxygen atoms in total. The molecular weight excluding hydrogens is 256 g/mol. The molecule has 1 aromatic carbocycles. The summed E-state index contributed by atoms with van der Waals surface area (Å²) in [4.78, 5) is 5.64. The topological polar surface area (TPSA) is 48.2 Å². The van der Waals surface area contributed by atoms with Crippen LogP contribution in [0.3, 0.4) is 0 Å². The predicted octanol–water partition coefficient (Wildman–Crippen LogP) is 2.98. The summed E-state index contributed by atoms with van der Waals surface area (Å²) in [6.45, 7) is 0.765. The minimum atomic E-state index is 0.765. The first-order valence-corrected chi connectivity index (χ1v) is 6.93. The summed E-state index contributed by atoms with van der Waals surface area (Å²) in [5.41, 5.74) is 8.86. The standard InChI is InChI=1S/C14H12N4S/c15-11-2-1-10-3-4-17(13(10)7-11)8-12-9-18-5-6-19-14(18)16-12/h1-7,9H,8,15H2. The number of nitrogens with two attached hydrogens (primary N) is 1. The van der Waals surface area contributed by atoms with Gasteiger partial charge in [-0.3, -0.25) is 4.40 Å². The van der Waals surface area contributed by atoms with Gasteiger partial charge in [0.1, 0.15) is 0 Å². The third-order valence-electron chi connectivity index (χ3n) is 3.27. The van der Waals surface area contributed by atoms with Crippen molar-refractivity contribution in [1.29, 1.82) is 0 Å². The average Bonchev–Trinajstić information content (AvgIpc) is 3.04. The van der Waals surface area contributed by atoms with Crippen LogP contribution in [0.4, 0.5) is 5.69 Å². The van der Waals surface area contributed by atoms with E-state index in [1.807, 2.05) is 29.8 Å². The quantitative estimate of drug-likeness (QED) is 0.568. The molecule has 4 aromatic rings. The first-order valence-electron chi connectivity index (χ1n) is 6.05. The average molecular weight is 268 g/mol. The second-order valence-corrected chi connectivity index (χ2v) is 5.46. The Balaban J connectivity index is 1.78. The molecule has 0 spiro atoms. The van der Waals surface area contributed by atoms with Crippen LogP contribution in [0.2, 0.25) is 0 Å². The van der Waals surface area contributed by atoms with Gasteiger partial charge in [0.15, 0.2) is 4.96 Å². The highest BCUT2D eigenvalue weighted by atomic mass is 32.1. The van der Waals surface area contributed by atoms with Gasteiger partial charge < -0.3 is 10.3 Å². The molecule has 0 aliphatic carbocycles. The molecule has 0 atom stereocenters. The Morgan fingerprint density at radius 1 is 1.21 bits per heavy atom. The number of anilines is 1. The lowest BCUT2D eigenvalue weighted by Crippen LogP contribution is -1.98. The molecule has 0 saturated heterocycles. The Kier molecular flexibility index (Phi) is 2.16. The van der Waals surface area contributed by atoms with Gasteiger partial charge in [0.05, 0.1) is 17.8 Å². The summed E-state index contributed by atoms with van der Waals surface area (Å²) < 4.78 is 4.23. The van der Waals surface area contributed by atoms with Crippen LogP contribution in [-0.4, -0.2) is 14.0 Å². The Hall–Kier alpha value is -2.27. The van der Waals surface area contributed by atoms with Crippen LogP contribution in [0.15, 0.2) is 48.2 Å². The Bertz CT molecular complexity index is 839. The van der Waals surface area contributed by atoms with Crippen molar-refractivity contribution >= 4 is 32.9 Å². The normalized spacial score (nSPS) is 11.6.